The van der Waals surface area contributed by atoms with Crippen LogP contribution < -0.4 is 10.1 Å². The SMILES string of the molecule is Fc1cc(Br)cc(OCC2CCCNC2)c1. The number of hydrogen-bond donors (Lipinski definition) is 1. The average Bonchev–Trinajstić information content (AvgIpc) is 2.27. The molecule has 16 heavy (non-hydrogen) atoms. The van der Waals surface area contributed by atoms with Crippen molar-refractivity contribution < 1.29 is 9.13 Å². The van der Waals surface area contributed by atoms with Crippen molar-refractivity contribution in [3.8, 4) is 5.75 Å². The van der Waals surface area contributed by atoms with E-state index in [2.05, 4.69) is 21.2 Å². The monoisotopic (exact) mass is 287 g/mol. The van der Waals surface area contributed by atoms with Crippen LogP contribution in [0.3, 0.4) is 0 Å². The maximum absolute atomic E-state index is 13.1. The highest BCUT2D eigenvalue weighted by Crippen LogP contribution is 2.21. The van der Waals surface area contributed by atoms with Gasteiger partial charge >= 0.3 is 0 Å². The first-order valence-corrected chi connectivity index (χ1v) is 6.33. The topological polar surface area (TPSA) is 21.3 Å². The normalized spacial score (nSPS) is 20.8. The fraction of sp³-hybridized carbons (Fsp3) is 0.500. The van der Waals surface area contributed by atoms with Crippen LogP contribution in [0.15, 0.2) is 22.7 Å². The Morgan fingerprint density at radius 1 is 1.44 bits per heavy atom. The van der Waals surface area contributed by atoms with Crippen LogP contribution in [-0.4, -0.2) is 19.7 Å². The standard InChI is InChI=1S/C12H15BrFNO/c13-10-4-11(14)6-12(5-10)16-8-9-2-1-3-15-7-9/h4-6,9,15H,1-3,7-8H2. The molecular weight excluding hydrogens is 273 g/mol. The lowest BCUT2D eigenvalue weighted by Gasteiger charge is -2.22. The van der Waals surface area contributed by atoms with E-state index in [4.69, 9.17) is 4.74 Å². The summed E-state index contributed by atoms with van der Waals surface area (Å²) in [5, 5.41) is 3.33. The quantitative estimate of drug-likeness (QED) is 0.923. The van der Waals surface area contributed by atoms with E-state index in [9.17, 15) is 4.39 Å². The van der Waals surface area contributed by atoms with Crippen molar-refractivity contribution >= 4 is 15.9 Å². The molecule has 1 atom stereocenters. The molecule has 0 bridgehead atoms. The van der Waals surface area contributed by atoms with Gasteiger partial charge in [-0.1, -0.05) is 15.9 Å². The van der Waals surface area contributed by atoms with Crippen molar-refractivity contribution in [3.63, 3.8) is 0 Å². The largest absolute Gasteiger partial charge is 0.493 e. The molecule has 0 aromatic heterocycles. The van der Waals surface area contributed by atoms with Crippen molar-refractivity contribution in [2.45, 2.75) is 12.8 Å². The zero-order chi connectivity index (χ0) is 11.4. The highest BCUT2D eigenvalue weighted by Gasteiger charge is 2.13. The molecule has 1 aliphatic heterocycles. The zero-order valence-electron chi connectivity index (χ0n) is 9.01. The van der Waals surface area contributed by atoms with E-state index in [-0.39, 0.29) is 5.82 Å². The van der Waals surface area contributed by atoms with Crippen LogP contribution in [0.5, 0.6) is 5.75 Å². The number of ether oxygens (including phenoxy) is 1. The Balaban J connectivity index is 1.88. The summed E-state index contributed by atoms with van der Waals surface area (Å²) in [6, 6.07) is 4.63. The van der Waals surface area contributed by atoms with E-state index >= 15 is 0 Å². The van der Waals surface area contributed by atoms with Crippen LogP contribution in [-0.2, 0) is 0 Å². The second kappa shape index (κ2) is 5.64. The van der Waals surface area contributed by atoms with Gasteiger partial charge in [-0.25, -0.2) is 4.39 Å². The molecule has 1 fully saturated rings. The first-order valence-electron chi connectivity index (χ1n) is 5.53. The highest BCUT2D eigenvalue weighted by atomic mass is 79.9. The van der Waals surface area contributed by atoms with Crippen LogP contribution in [0.1, 0.15) is 12.8 Å². The van der Waals surface area contributed by atoms with Gasteiger partial charge in [0.05, 0.1) is 6.61 Å². The predicted octanol–water partition coefficient (Wildman–Crippen LogP) is 2.97. The molecule has 1 unspecified atom stereocenters. The van der Waals surface area contributed by atoms with Gasteiger partial charge in [0.15, 0.2) is 0 Å². The Hall–Kier alpha value is -0.610. The summed E-state index contributed by atoms with van der Waals surface area (Å²) >= 11 is 3.25. The molecule has 1 N–H and O–H groups in total. The Labute approximate surface area is 103 Å². The van der Waals surface area contributed by atoms with Gasteiger partial charge in [-0.3, -0.25) is 0 Å². The maximum Gasteiger partial charge on any atom is 0.128 e. The highest BCUT2D eigenvalue weighted by molar-refractivity contribution is 9.10. The van der Waals surface area contributed by atoms with Gasteiger partial charge in [0.25, 0.3) is 0 Å². The first-order chi connectivity index (χ1) is 7.74. The second-order valence-corrected chi connectivity index (χ2v) is 5.04. The summed E-state index contributed by atoms with van der Waals surface area (Å²) in [4.78, 5) is 0. The molecule has 4 heteroatoms. The number of benzene rings is 1. The molecular formula is C12H15BrFNO. The van der Waals surface area contributed by atoms with Gasteiger partial charge in [0.2, 0.25) is 0 Å². The fourth-order valence-corrected chi connectivity index (χ4v) is 2.34. The Morgan fingerprint density at radius 2 is 2.31 bits per heavy atom. The van der Waals surface area contributed by atoms with Crippen molar-refractivity contribution in [2.75, 3.05) is 19.7 Å². The third kappa shape index (κ3) is 3.46. The van der Waals surface area contributed by atoms with Crippen LogP contribution in [0, 0.1) is 11.7 Å². The van der Waals surface area contributed by atoms with Gasteiger partial charge in [0, 0.05) is 23.0 Å². The second-order valence-electron chi connectivity index (χ2n) is 4.13. The Morgan fingerprint density at radius 3 is 3.00 bits per heavy atom. The fourth-order valence-electron chi connectivity index (χ4n) is 1.89. The summed E-state index contributed by atoms with van der Waals surface area (Å²) in [5.74, 6) is 0.861. The van der Waals surface area contributed by atoms with Crippen LogP contribution in [0.4, 0.5) is 4.39 Å². The van der Waals surface area contributed by atoms with Crippen molar-refractivity contribution in [2.24, 2.45) is 5.92 Å². The summed E-state index contributed by atoms with van der Waals surface area (Å²) in [5.41, 5.74) is 0. The number of rotatable bonds is 3. The van der Waals surface area contributed by atoms with E-state index in [1.807, 2.05) is 0 Å². The summed E-state index contributed by atoms with van der Waals surface area (Å²) in [6.07, 6.45) is 2.38. The van der Waals surface area contributed by atoms with Gasteiger partial charge in [0.1, 0.15) is 11.6 Å². The third-order valence-electron chi connectivity index (χ3n) is 2.72. The third-order valence-corrected chi connectivity index (χ3v) is 3.18. The molecule has 0 aliphatic carbocycles. The minimum atomic E-state index is -0.272. The summed E-state index contributed by atoms with van der Waals surface area (Å²) < 4.78 is 19.4. The van der Waals surface area contributed by atoms with Gasteiger partial charge in [-0.15, -0.1) is 0 Å². The van der Waals surface area contributed by atoms with E-state index < -0.39 is 0 Å². The molecule has 2 rings (SSSR count). The van der Waals surface area contributed by atoms with Crippen LogP contribution in [0.2, 0.25) is 0 Å². The Kier molecular flexibility index (Phi) is 4.18. The van der Waals surface area contributed by atoms with Gasteiger partial charge < -0.3 is 10.1 Å². The molecule has 0 spiro atoms. The molecule has 1 saturated heterocycles. The van der Waals surface area contributed by atoms with E-state index in [1.54, 1.807) is 6.07 Å². The number of nitrogens with one attached hydrogen (secondary N) is 1. The molecule has 1 aliphatic rings. The smallest absolute Gasteiger partial charge is 0.128 e. The minimum Gasteiger partial charge on any atom is -0.493 e. The van der Waals surface area contributed by atoms with Crippen molar-refractivity contribution in [1.82, 2.24) is 5.32 Å². The first kappa shape index (κ1) is 11.9. The number of piperidine rings is 1. The Bertz CT molecular complexity index is 333. The molecule has 0 saturated carbocycles. The van der Waals surface area contributed by atoms with Crippen molar-refractivity contribution in [3.05, 3.63) is 28.5 Å². The van der Waals surface area contributed by atoms with Gasteiger partial charge in [-0.2, -0.15) is 0 Å². The predicted molar refractivity (Wildman–Crippen MR) is 65.2 cm³/mol. The molecule has 0 radical (unpaired) electrons. The van der Waals surface area contributed by atoms with Crippen LogP contribution in [0.25, 0.3) is 0 Å². The number of halogens is 2. The van der Waals surface area contributed by atoms with Crippen molar-refractivity contribution in [1.29, 1.82) is 0 Å². The zero-order valence-corrected chi connectivity index (χ0v) is 10.6. The lowest BCUT2D eigenvalue weighted by Crippen LogP contribution is -2.33. The molecule has 1 aromatic carbocycles. The van der Waals surface area contributed by atoms with E-state index in [0.29, 0.717) is 22.7 Å². The van der Waals surface area contributed by atoms with E-state index in [0.717, 1.165) is 13.1 Å². The van der Waals surface area contributed by atoms with E-state index in [1.165, 1.54) is 25.0 Å². The molecule has 1 aromatic rings. The molecule has 1 heterocycles. The molecule has 0 amide bonds. The number of hydrogen-bond acceptors (Lipinski definition) is 2. The maximum atomic E-state index is 13.1. The molecule has 88 valence electrons. The molecule has 2 nitrogen and oxygen atoms in total. The van der Waals surface area contributed by atoms with Gasteiger partial charge in [-0.05, 0) is 31.5 Å². The van der Waals surface area contributed by atoms with Crippen LogP contribution >= 0.6 is 15.9 Å². The lowest BCUT2D eigenvalue weighted by atomic mass is 10.0. The average molecular weight is 288 g/mol. The summed E-state index contributed by atoms with van der Waals surface area (Å²) in [6.45, 7) is 2.75. The summed E-state index contributed by atoms with van der Waals surface area (Å²) in [7, 11) is 0. The lowest BCUT2D eigenvalue weighted by molar-refractivity contribution is 0.218. The minimum absolute atomic E-state index is 0.272.